The molecular formula is C58H43N. The normalized spacial score (nSPS) is 22.2. The number of nitrogens with zero attached hydrogens (tertiary/aromatic N) is 1. The molecule has 0 radical (unpaired) electrons. The van der Waals surface area contributed by atoms with Crippen molar-refractivity contribution in [1.82, 2.24) is 0 Å². The van der Waals surface area contributed by atoms with Crippen LogP contribution in [0.15, 0.2) is 224 Å². The highest BCUT2D eigenvalue weighted by Gasteiger charge is 2.46. The van der Waals surface area contributed by atoms with E-state index >= 15 is 0 Å². The molecule has 1 nitrogen and oxygen atoms in total. The highest BCUT2D eigenvalue weighted by Crippen LogP contribution is 2.57. The third kappa shape index (κ3) is 5.46. The van der Waals surface area contributed by atoms with Crippen LogP contribution in [0.4, 0.5) is 17.1 Å². The zero-order valence-corrected chi connectivity index (χ0v) is 30.6. The molecule has 2 aliphatic carbocycles. The van der Waals surface area contributed by atoms with Gasteiger partial charge in [0.25, 0.3) is 0 Å². The summed E-state index contributed by atoms with van der Waals surface area (Å²) in [6, 6.07) is -33.6. The van der Waals surface area contributed by atoms with Gasteiger partial charge in [0.2, 0.25) is 0 Å². The second-order valence-corrected chi connectivity index (χ2v) is 13.8. The predicted octanol–water partition coefficient (Wildman–Crippen LogP) is 15.2. The summed E-state index contributed by atoms with van der Waals surface area (Å²) in [7, 11) is 0. The van der Waals surface area contributed by atoms with E-state index < -0.39 is 295 Å². The van der Waals surface area contributed by atoms with Crippen LogP contribution in [0.3, 0.4) is 0 Å². The molecule has 0 spiro atoms. The summed E-state index contributed by atoms with van der Waals surface area (Å²) in [5, 5.41) is 0. The molecule has 0 atom stereocenters. The van der Waals surface area contributed by atoms with Gasteiger partial charge in [0.15, 0.2) is 0 Å². The number of benzene rings is 9. The Kier molecular flexibility index (Phi) is 3.31. The van der Waals surface area contributed by atoms with Crippen molar-refractivity contribution >= 4 is 17.1 Å². The minimum absolute atomic E-state index is 0.149. The van der Waals surface area contributed by atoms with Crippen molar-refractivity contribution in [1.29, 1.82) is 0 Å². The standard InChI is InChI=1S/C58H43N/c1-57(2)53-24-14-12-22-49(53)51-36-35-48(39-56(51)57)59(46-31-26-41(27-32-46)40-16-6-3-7-17-40)47-33-28-42(29-34-47)43-30-37-55-52(38-43)50-23-13-15-25-54(50)58(55,44-18-8-4-9-19-44)45-20-10-5-11-21-45/h3-39H,1-2H3/i3D,4D,5D,6D,7D,8D,9D,10D,11D,12D,13D,14D,15D,16D,17D,18D,19D,20D,21D,22D,23D,24D,26D,27D,28D,29D,30D,31D,32D,33D,34D,35D,36D,38D,39D. The average Bonchev–Trinajstić information content (AvgIpc) is 1.48. The smallest absolute Gasteiger partial charge is 0.0713 e. The minimum Gasteiger partial charge on any atom is -0.310 e. The largest absolute Gasteiger partial charge is 0.310 e. The van der Waals surface area contributed by atoms with Gasteiger partial charge >= 0.3 is 0 Å². The molecule has 280 valence electrons. The Hall–Kier alpha value is -7.22. The Morgan fingerprint density at radius 2 is 0.814 bits per heavy atom. The van der Waals surface area contributed by atoms with Crippen LogP contribution in [0.25, 0.3) is 44.5 Å². The molecular weight excluding hydrogens is 711 g/mol. The summed E-state index contributed by atoms with van der Waals surface area (Å²) in [6.07, 6.45) is 0. The molecule has 0 amide bonds. The van der Waals surface area contributed by atoms with Crippen LogP contribution in [0, 0.1) is 0 Å². The fourth-order valence-corrected chi connectivity index (χ4v) is 7.65. The lowest BCUT2D eigenvalue weighted by molar-refractivity contribution is 0.660. The van der Waals surface area contributed by atoms with Crippen LogP contribution in [0.2, 0.25) is 0 Å². The lowest BCUT2D eigenvalue weighted by Gasteiger charge is -2.33. The molecule has 0 saturated carbocycles. The van der Waals surface area contributed by atoms with E-state index in [1.807, 2.05) is 0 Å². The van der Waals surface area contributed by atoms with Gasteiger partial charge in [-0.2, -0.15) is 0 Å². The van der Waals surface area contributed by atoms with E-state index in [-0.39, 0.29) is 22.3 Å². The summed E-state index contributed by atoms with van der Waals surface area (Å²) < 4.78 is 321. The maximum Gasteiger partial charge on any atom is 0.0713 e. The molecule has 11 rings (SSSR count). The predicted molar refractivity (Wildman–Crippen MR) is 247 cm³/mol. The maximum absolute atomic E-state index is 10.1. The highest BCUT2D eigenvalue weighted by atomic mass is 15.1. The highest BCUT2D eigenvalue weighted by molar-refractivity contribution is 5.90. The monoisotopic (exact) mass is 789 g/mol. The van der Waals surface area contributed by atoms with Gasteiger partial charge in [0.1, 0.15) is 0 Å². The van der Waals surface area contributed by atoms with Crippen molar-refractivity contribution in [3.8, 4) is 44.5 Å². The molecule has 2 aliphatic rings. The zero-order chi connectivity index (χ0) is 70.0. The first kappa shape index (κ1) is 14.3. The summed E-state index contributed by atoms with van der Waals surface area (Å²) >= 11 is 0. The molecule has 0 unspecified atom stereocenters. The van der Waals surface area contributed by atoms with Crippen LogP contribution in [-0.4, -0.2) is 0 Å². The van der Waals surface area contributed by atoms with E-state index in [2.05, 4.69) is 0 Å². The van der Waals surface area contributed by atoms with Crippen LogP contribution in [-0.2, 0) is 10.8 Å². The fourth-order valence-electron chi connectivity index (χ4n) is 7.65. The summed E-state index contributed by atoms with van der Waals surface area (Å²) in [4.78, 5) is 0.422. The molecule has 0 bridgehead atoms. The number of rotatable bonds is 7. The topological polar surface area (TPSA) is 3.24 Å². The molecule has 0 aromatic heterocycles. The maximum atomic E-state index is 10.1. The molecule has 0 saturated heterocycles. The first-order valence-electron chi connectivity index (χ1n) is 35.3. The van der Waals surface area contributed by atoms with E-state index in [1.54, 1.807) is 0 Å². The second kappa shape index (κ2) is 13.7. The molecule has 0 aliphatic heterocycles. The van der Waals surface area contributed by atoms with Crippen molar-refractivity contribution in [3.63, 3.8) is 0 Å². The lowest BCUT2D eigenvalue weighted by atomic mass is 9.67. The Bertz CT molecular complexity index is 4860. The van der Waals surface area contributed by atoms with Crippen molar-refractivity contribution in [2.24, 2.45) is 0 Å². The van der Waals surface area contributed by atoms with Crippen LogP contribution in [0.5, 0.6) is 0 Å². The molecule has 59 heavy (non-hydrogen) atoms. The van der Waals surface area contributed by atoms with Crippen molar-refractivity contribution in [2.45, 2.75) is 24.7 Å². The summed E-state index contributed by atoms with van der Waals surface area (Å²) in [5.74, 6) is 0. The van der Waals surface area contributed by atoms with E-state index in [9.17, 15) is 24.7 Å². The van der Waals surface area contributed by atoms with Crippen molar-refractivity contribution in [3.05, 3.63) is 257 Å². The third-order valence-corrected chi connectivity index (χ3v) is 10.3. The molecule has 1 heteroatoms. The number of hydrogen-bond acceptors (Lipinski definition) is 1. The van der Waals surface area contributed by atoms with Crippen LogP contribution < -0.4 is 4.90 Å². The first-order chi connectivity index (χ1) is 43.6. The van der Waals surface area contributed by atoms with Crippen LogP contribution >= 0.6 is 0 Å². The average molecular weight is 789 g/mol. The number of fused-ring (bicyclic) bond motifs is 6. The summed E-state index contributed by atoms with van der Waals surface area (Å²) in [6.45, 7) is 2.82. The Balaban J connectivity index is 1.29. The summed E-state index contributed by atoms with van der Waals surface area (Å²) in [5.41, 5.74) is -16.8. The zero-order valence-electron chi connectivity index (χ0n) is 65.6. The Morgan fingerprint density at radius 3 is 1.46 bits per heavy atom. The first-order valence-corrected chi connectivity index (χ1v) is 17.8. The van der Waals surface area contributed by atoms with Gasteiger partial charge in [-0.15, -0.1) is 0 Å². The van der Waals surface area contributed by atoms with Gasteiger partial charge in [0.05, 0.1) is 53.4 Å². The molecule has 9 aromatic rings. The second-order valence-electron chi connectivity index (χ2n) is 13.8. The fraction of sp³-hybridized carbons (Fsp3) is 0.0690. The molecule has 9 aromatic carbocycles. The SMILES string of the molecule is [2H]c1cc2c(c([2H])c1[2H])-c1c(cc([2H])c(-c3c([2H])c([2H])c(N(c4c([2H])c([2H])c(-c5c([2H])c([2H])c([2H])c([2H])c5[2H])c([2H])c4[2H])c4c([2H])c([2H])c5c(c4[2H])C(C)(C)c4c([2H])c([2H])c([2H])c([2H])c4-5)c([2H])c3[2H])c1[2H])C2(c1c([2H])c([2H])c([2H])c([2H])c1[2H])c1c([2H])c([2H])c([2H])c([2H])c1[2H]. The van der Waals surface area contributed by atoms with Crippen molar-refractivity contribution in [2.75, 3.05) is 4.90 Å². The van der Waals surface area contributed by atoms with E-state index in [4.69, 9.17) is 23.3 Å². The quantitative estimate of drug-likeness (QED) is 0.155. The third-order valence-electron chi connectivity index (χ3n) is 10.3. The minimum atomic E-state index is -2.91. The lowest BCUT2D eigenvalue weighted by Crippen LogP contribution is -2.28. The van der Waals surface area contributed by atoms with Gasteiger partial charge in [-0.3, -0.25) is 0 Å². The molecule has 0 heterocycles. The van der Waals surface area contributed by atoms with E-state index in [0.717, 1.165) is 12.1 Å². The van der Waals surface area contributed by atoms with Crippen LogP contribution in [0.1, 0.15) is 95.2 Å². The number of hydrogen-bond donors (Lipinski definition) is 0. The Morgan fingerprint density at radius 1 is 0.339 bits per heavy atom. The van der Waals surface area contributed by atoms with Gasteiger partial charge < -0.3 is 4.90 Å². The van der Waals surface area contributed by atoms with Gasteiger partial charge in [-0.25, -0.2) is 0 Å². The van der Waals surface area contributed by atoms with Gasteiger partial charge in [0, 0.05) is 22.5 Å². The van der Waals surface area contributed by atoms with Gasteiger partial charge in [-0.1, -0.05) is 195 Å². The van der Waals surface area contributed by atoms with E-state index in [1.165, 1.54) is 13.8 Å². The number of anilines is 3. The molecule has 0 N–H and O–H groups in total. The van der Waals surface area contributed by atoms with Crippen molar-refractivity contribution < 1.29 is 48.0 Å². The van der Waals surface area contributed by atoms with E-state index in [0.29, 0.717) is 4.90 Å². The molecule has 0 fully saturated rings. The van der Waals surface area contributed by atoms with Gasteiger partial charge in [-0.05, 0) is 120 Å². The Labute approximate surface area is 396 Å².